The van der Waals surface area contributed by atoms with Crippen molar-refractivity contribution in [1.29, 1.82) is 0 Å². The third-order valence-electron chi connectivity index (χ3n) is 1.05. The van der Waals surface area contributed by atoms with Gasteiger partial charge in [0.05, 0.1) is 12.3 Å². The first-order chi connectivity index (χ1) is 4.90. The molecule has 0 saturated carbocycles. The lowest BCUT2D eigenvalue weighted by molar-refractivity contribution is 0.183. The van der Waals surface area contributed by atoms with E-state index in [9.17, 15) is 13.3 Å². The smallest absolute Gasteiger partial charge is 0.312 e. The quantitative estimate of drug-likeness (QED) is 0.534. The molecule has 0 bridgehead atoms. The molecular formula is C4H10F2NO3P. The van der Waals surface area contributed by atoms with Crippen LogP contribution in [-0.2, 0) is 4.57 Å². The van der Waals surface area contributed by atoms with E-state index in [1.54, 1.807) is 0 Å². The minimum absolute atomic E-state index is 0.294. The summed E-state index contributed by atoms with van der Waals surface area (Å²) in [6.45, 7) is -0.294. The molecule has 0 spiro atoms. The van der Waals surface area contributed by atoms with Gasteiger partial charge in [-0.25, -0.2) is 0 Å². The summed E-state index contributed by atoms with van der Waals surface area (Å²) >= 11 is 0. The Bertz CT molecular complexity index is 165. The highest BCUT2D eigenvalue weighted by Gasteiger charge is 2.32. The Morgan fingerprint density at radius 2 is 2.00 bits per heavy atom. The number of nitrogens with two attached hydrogens (primary N) is 1. The van der Waals surface area contributed by atoms with E-state index in [0.717, 1.165) is 0 Å². The average Bonchev–Trinajstić information content (AvgIpc) is 1.86. The van der Waals surface area contributed by atoms with Crippen molar-refractivity contribution in [2.24, 2.45) is 5.73 Å². The van der Waals surface area contributed by atoms with Crippen LogP contribution in [0.3, 0.4) is 0 Å². The van der Waals surface area contributed by atoms with Crippen LogP contribution in [0.4, 0.5) is 8.78 Å². The first-order valence-electron chi connectivity index (χ1n) is 2.88. The van der Waals surface area contributed by atoms with Crippen LogP contribution in [-0.4, -0.2) is 35.0 Å². The lowest BCUT2D eigenvalue weighted by Crippen LogP contribution is -2.24. The highest BCUT2D eigenvalue weighted by Crippen LogP contribution is 2.47. The molecular weight excluding hydrogens is 179 g/mol. The zero-order chi connectivity index (χ0) is 9.07. The van der Waals surface area contributed by atoms with Gasteiger partial charge in [-0.2, -0.15) is 8.78 Å². The fourth-order valence-corrected chi connectivity index (χ4v) is 1.37. The van der Waals surface area contributed by atoms with Crippen LogP contribution in [0.15, 0.2) is 0 Å². The third-order valence-corrected chi connectivity index (χ3v) is 2.60. The predicted molar refractivity (Wildman–Crippen MR) is 35.8 cm³/mol. The molecule has 0 saturated heterocycles. The van der Waals surface area contributed by atoms with Gasteiger partial charge in [0, 0.05) is 6.54 Å². The van der Waals surface area contributed by atoms with E-state index in [2.05, 4.69) is 0 Å². The monoisotopic (exact) mass is 189 g/mol. The Hall–Kier alpha value is -0.0300. The second-order valence-corrected chi connectivity index (χ2v) is 4.37. The second kappa shape index (κ2) is 4.11. The number of hydrogen-bond donors (Lipinski definition) is 3. The van der Waals surface area contributed by atoms with E-state index >= 15 is 0 Å². The molecule has 4 nitrogen and oxygen atoms in total. The van der Waals surface area contributed by atoms with Crippen molar-refractivity contribution in [2.75, 3.05) is 12.7 Å². The molecule has 0 aliphatic rings. The molecule has 2 unspecified atom stereocenters. The molecule has 2 atom stereocenters. The minimum atomic E-state index is -4.50. The molecule has 4 N–H and O–H groups in total. The molecule has 0 aliphatic carbocycles. The first-order valence-corrected chi connectivity index (χ1v) is 4.79. The Morgan fingerprint density at radius 1 is 1.55 bits per heavy atom. The van der Waals surface area contributed by atoms with E-state index in [1.165, 1.54) is 0 Å². The summed E-state index contributed by atoms with van der Waals surface area (Å²) in [5.74, 6) is 0. The van der Waals surface area contributed by atoms with Crippen molar-refractivity contribution in [1.82, 2.24) is 0 Å². The van der Waals surface area contributed by atoms with E-state index in [4.69, 9.17) is 15.7 Å². The fraction of sp³-hybridized carbons (Fsp3) is 1.00. The summed E-state index contributed by atoms with van der Waals surface area (Å²) in [5, 5.41) is 8.65. The Morgan fingerprint density at radius 3 is 2.27 bits per heavy atom. The molecule has 0 fully saturated rings. The van der Waals surface area contributed by atoms with Gasteiger partial charge in [0.1, 0.15) is 0 Å². The molecule has 0 aromatic heterocycles. The highest BCUT2D eigenvalue weighted by atomic mass is 31.2. The first kappa shape index (κ1) is 11.0. The normalized spacial score (nSPS) is 19.8. The Kier molecular flexibility index (Phi) is 4.10. The summed E-state index contributed by atoms with van der Waals surface area (Å²) in [5.41, 5.74) is 4.85. The maximum atomic E-state index is 11.6. The van der Waals surface area contributed by atoms with E-state index in [-0.39, 0.29) is 6.54 Å². The molecule has 0 heterocycles. The number of aliphatic hydroxyl groups is 1. The lowest BCUT2D eigenvalue weighted by Gasteiger charge is -2.12. The van der Waals surface area contributed by atoms with Crippen molar-refractivity contribution in [3.8, 4) is 0 Å². The zero-order valence-electron chi connectivity index (χ0n) is 5.65. The largest absolute Gasteiger partial charge is 0.391 e. The molecule has 0 aliphatic heterocycles. The fourth-order valence-electron chi connectivity index (χ4n) is 0.456. The van der Waals surface area contributed by atoms with Gasteiger partial charge in [0.25, 0.3) is 7.37 Å². The average molecular weight is 189 g/mol. The van der Waals surface area contributed by atoms with Gasteiger partial charge in [0.15, 0.2) is 0 Å². The number of alkyl halides is 2. The van der Waals surface area contributed by atoms with Crippen LogP contribution in [0, 0.1) is 0 Å². The molecule has 11 heavy (non-hydrogen) atoms. The van der Waals surface area contributed by atoms with E-state index in [1.807, 2.05) is 0 Å². The SMILES string of the molecule is NCC(O)CP(=O)(O)C(F)F. The van der Waals surface area contributed by atoms with Crippen LogP contribution >= 0.6 is 7.37 Å². The number of hydrogen-bond acceptors (Lipinski definition) is 3. The van der Waals surface area contributed by atoms with Crippen molar-refractivity contribution in [2.45, 2.75) is 12.3 Å². The summed E-state index contributed by atoms with van der Waals surface area (Å²) in [4.78, 5) is 8.48. The van der Waals surface area contributed by atoms with Crippen molar-refractivity contribution >= 4 is 7.37 Å². The third kappa shape index (κ3) is 3.76. The van der Waals surface area contributed by atoms with Crippen molar-refractivity contribution in [3.63, 3.8) is 0 Å². The number of aliphatic hydroxyl groups excluding tert-OH is 1. The molecule has 0 radical (unpaired) electrons. The molecule has 7 heteroatoms. The topological polar surface area (TPSA) is 83.5 Å². The number of rotatable bonds is 4. The van der Waals surface area contributed by atoms with Gasteiger partial charge in [-0.3, -0.25) is 4.57 Å². The standard InChI is InChI=1S/C4H10F2NO3P/c5-4(6)11(9,10)2-3(8)1-7/h3-4,8H,1-2,7H2,(H,9,10). The van der Waals surface area contributed by atoms with Crippen LogP contribution in [0.1, 0.15) is 0 Å². The van der Waals surface area contributed by atoms with Crippen LogP contribution in [0.25, 0.3) is 0 Å². The highest BCUT2D eigenvalue weighted by molar-refractivity contribution is 7.58. The maximum Gasteiger partial charge on any atom is 0.312 e. The predicted octanol–water partition coefficient (Wildman–Crippen LogP) is -0.201. The minimum Gasteiger partial charge on any atom is -0.391 e. The molecule has 0 aromatic rings. The summed E-state index contributed by atoms with van der Waals surface area (Å²) in [6, 6.07) is 0. The van der Waals surface area contributed by atoms with Gasteiger partial charge in [-0.05, 0) is 0 Å². The zero-order valence-corrected chi connectivity index (χ0v) is 6.55. The van der Waals surface area contributed by atoms with Crippen LogP contribution in [0.2, 0.25) is 0 Å². The Balaban J connectivity index is 4.02. The van der Waals surface area contributed by atoms with Gasteiger partial charge < -0.3 is 15.7 Å². The molecule has 0 aromatic carbocycles. The number of halogens is 2. The summed E-state index contributed by atoms with van der Waals surface area (Å²) in [7, 11) is -4.50. The second-order valence-electron chi connectivity index (χ2n) is 2.11. The van der Waals surface area contributed by atoms with Crippen molar-refractivity contribution < 1.29 is 23.3 Å². The lowest BCUT2D eigenvalue weighted by atomic mass is 10.4. The van der Waals surface area contributed by atoms with Gasteiger partial charge in [0.2, 0.25) is 0 Å². The van der Waals surface area contributed by atoms with Crippen LogP contribution < -0.4 is 5.73 Å². The summed E-state index contributed by atoms with van der Waals surface area (Å²) < 4.78 is 33.8. The molecule has 0 amide bonds. The van der Waals surface area contributed by atoms with E-state index < -0.39 is 25.8 Å². The molecule has 0 rings (SSSR count). The van der Waals surface area contributed by atoms with Crippen molar-refractivity contribution in [3.05, 3.63) is 0 Å². The van der Waals surface area contributed by atoms with Gasteiger partial charge in [-0.15, -0.1) is 0 Å². The van der Waals surface area contributed by atoms with E-state index in [0.29, 0.717) is 0 Å². The summed E-state index contributed by atoms with van der Waals surface area (Å²) in [6.07, 6.45) is -5.48. The van der Waals surface area contributed by atoms with Gasteiger partial charge >= 0.3 is 6.17 Å². The molecule has 68 valence electrons. The van der Waals surface area contributed by atoms with Crippen LogP contribution in [0.5, 0.6) is 0 Å². The maximum absolute atomic E-state index is 11.6. The van der Waals surface area contributed by atoms with Gasteiger partial charge in [-0.1, -0.05) is 0 Å². The Labute approximate surface area is 62.5 Å².